The maximum Gasteiger partial charge on any atom is 0.242 e. The Kier molecular flexibility index (Phi) is 4.43. The Balaban J connectivity index is 2.79. The van der Waals surface area contributed by atoms with Crippen LogP contribution in [0.15, 0.2) is 24.3 Å². The van der Waals surface area contributed by atoms with Crippen molar-refractivity contribution in [3.05, 3.63) is 24.3 Å². The summed E-state index contributed by atoms with van der Waals surface area (Å²) >= 11 is 5.65. The molecule has 0 aliphatic heterocycles. The lowest BCUT2D eigenvalue weighted by molar-refractivity contribution is -0.115. The van der Waals surface area contributed by atoms with Crippen molar-refractivity contribution in [2.24, 2.45) is 0 Å². The fourth-order valence-electron chi connectivity index (χ4n) is 1.08. The van der Waals surface area contributed by atoms with Gasteiger partial charge in [-0.25, -0.2) is 0 Å². The van der Waals surface area contributed by atoms with Crippen molar-refractivity contribution < 1.29 is 9.53 Å². The van der Waals surface area contributed by atoms with E-state index in [4.69, 9.17) is 16.3 Å². The molecule has 1 aromatic carbocycles. The zero-order valence-electron chi connectivity index (χ0n) is 8.79. The summed E-state index contributed by atoms with van der Waals surface area (Å²) in [5.74, 6) is 0.425. The molecule has 1 atom stereocenters. The highest BCUT2D eigenvalue weighted by atomic mass is 35.5. The first-order chi connectivity index (χ1) is 7.15. The normalized spacial score (nSPS) is 11.9. The molecule has 1 aromatic rings. The molecular formula is C11H14ClNO2. The van der Waals surface area contributed by atoms with Crippen LogP contribution in [-0.2, 0) is 4.79 Å². The minimum atomic E-state index is -0.556. The van der Waals surface area contributed by atoms with Gasteiger partial charge < -0.3 is 10.1 Å². The first-order valence-electron chi connectivity index (χ1n) is 4.82. The van der Waals surface area contributed by atoms with Gasteiger partial charge in [0.15, 0.2) is 0 Å². The van der Waals surface area contributed by atoms with Crippen molar-refractivity contribution in [3.63, 3.8) is 0 Å². The Morgan fingerprint density at radius 3 is 2.80 bits per heavy atom. The van der Waals surface area contributed by atoms with E-state index >= 15 is 0 Å². The van der Waals surface area contributed by atoms with Gasteiger partial charge in [-0.15, -0.1) is 11.6 Å². The summed E-state index contributed by atoms with van der Waals surface area (Å²) < 4.78 is 5.36. The number of carbonyl (C=O) groups is 1. The standard InChI is InChI=1S/C11H14ClNO2/c1-3-15-10-7-5-4-6-9(10)13-11(14)8(2)12/h4-8H,3H2,1-2H3,(H,13,14)/t8-/m1/s1. The van der Waals surface area contributed by atoms with Crippen LogP contribution in [0.3, 0.4) is 0 Å². The molecule has 0 saturated heterocycles. The molecule has 0 fully saturated rings. The molecule has 3 nitrogen and oxygen atoms in total. The first kappa shape index (κ1) is 11.9. The fraction of sp³-hybridized carbons (Fsp3) is 0.364. The van der Waals surface area contributed by atoms with Crippen LogP contribution >= 0.6 is 11.6 Å². The van der Waals surface area contributed by atoms with Gasteiger partial charge in [0, 0.05) is 0 Å². The summed E-state index contributed by atoms with van der Waals surface area (Å²) in [6.07, 6.45) is 0. The van der Waals surface area contributed by atoms with E-state index < -0.39 is 5.38 Å². The SMILES string of the molecule is CCOc1ccccc1NC(=O)[C@@H](C)Cl. The van der Waals surface area contributed by atoms with Crippen LogP contribution in [0.4, 0.5) is 5.69 Å². The minimum absolute atomic E-state index is 0.233. The zero-order chi connectivity index (χ0) is 11.3. The van der Waals surface area contributed by atoms with Crippen molar-refractivity contribution in [3.8, 4) is 5.75 Å². The van der Waals surface area contributed by atoms with Crippen LogP contribution in [0, 0.1) is 0 Å². The Hall–Kier alpha value is -1.22. The number of rotatable bonds is 4. The topological polar surface area (TPSA) is 38.3 Å². The lowest BCUT2D eigenvalue weighted by atomic mass is 10.3. The van der Waals surface area contributed by atoms with Crippen LogP contribution in [0.5, 0.6) is 5.75 Å². The fourth-order valence-corrected chi connectivity index (χ4v) is 1.14. The molecular weight excluding hydrogens is 214 g/mol. The highest BCUT2D eigenvalue weighted by Crippen LogP contribution is 2.23. The number of nitrogens with one attached hydrogen (secondary N) is 1. The molecule has 0 aliphatic rings. The molecule has 0 spiro atoms. The molecule has 1 amide bonds. The highest BCUT2D eigenvalue weighted by Gasteiger charge is 2.11. The Bertz CT molecular complexity index is 339. The second-order valence-electron chi connectivity index (χ2n) is 3.03. The van der Waals surface area contributed by atoms with Gasteiger partial charge in [0.25, 0.3) is 0 Å². The van der Waals surface area contributed by atoms with Gasteiger partial charge in [-0.1, -0.05) is 12.1 Å². The summed E-state index contributed by atoms with van der Waals surface area (Å²) in [6, 6.07) is 7.27. The molecule has 0 radical (unpaired) electrons. The van der Waals surface area contributed by atoms with Crippen molar-refractivity contribution >= 4 is 23.2 Å². The van der Waals surface area contributed by atoms with Gasteiger partial charge in [0.1, 0.15) is 11.1 Å². The Labute approximate surface area is 94.4 Å². The van der Waals surface area contributed by atoms with E-state index in [9.17, 15) is 4.79 Å². The number of hydrogen-bond acceptors (Lipinski definition) is 2. The number of alkyl halides is 1. The zero-order valence-corrected chi connectivity index (χ0v) is 9.54. The lowest BCUT2D eigenvalue weighted by Crippen LogP contribution is -2.20. The average molecular weight is 228 g/mol. The predicted octanol–water partition coefficient (Wildman–Crippen LogP) is 2.65. The van der Waals surface area contributed by atoms with Gasteiger partial charge in [-0.3, -0.25) is 4.79 Å². The summed E-state index contributed by atoms with van der Waals surface area (Å²) in [5.41, 5.74) is 0.650. The quantitative estimate of drug-likeness (QED) is 0.804. The molecule has 0 aliphatic carbocycles. The largest absolute Gasteiger partial charge is 0.492 e. The number of halogens is 1. The third-order valence-corrected chi connectivity index (χ3v) is 2.00. The smallest absolute Gasteiger partial charge is 0.242 e. The summed E-state index contributed by atoms with van der Waals surface area (Å²) in [5, 5.41) is 2.14. The van der Waals surface area contributed by atoms with Crippen molar-refractivity contribution in [2.75, 3.05) is 11.9 Å². The van der Waals surface area contributed by atoms with E-state index in [1.807, 2.05) is 19.1 Å². The molecule has 0 heterocycles. The maximum atomic E-state index is 11.4. The van der Waals surface area contributed by atoms with Gasteiger partial charge in [-0.05, 0) is 26.0 Å². The first-order valence-corrected chi connectivity index (χ1v) is 5.25. The van der Waals surface area contributed by atoms with Gasteiger partial charge in [0.2, 0.25) is 5.91 Å². The molecule has 4 heteroatoms. The molecule has 1 N–H and O–H groups in total. The number of amides is 1. The van der Waals surface area contributed by atoms with E-state index in [-0.39, 0.29) is 5.91 Å². The highest BCUT2D eigenvalue weighted by molar-refractivity contribution is 6.32. The van der Waals surface area contributed by atoms with Gasteiger partial charge in [0.05, 0.1) is 12.3 Å². The van der Waals surface area contributed by atoms with E-state index in [1.165, 1.54) is 0 Å². The number of anilines is 1. The average Bonchev–Trinajstić information content (AvgIpc) is 2.21. The van der Waals surface area contributed by atoms with Crippen LogP contribution in [0.2, 0.25) is 0 Å². The third kappa shape index (κ3) is 3.44. The van der Waals surface area contributed by atoms with Crippen LogP contribution in [0.1, 0.15) is 13.8 Å². The second kappa shape index (κ2) is 5.61. The number of hydrogen-bond donors (Lipinski definition) is 1. The number of para-hydroxylation sites is 2. The molecule has 0 bridgehead atoms. The summed E-state index contributed by atoms with van der Waals surface area (Å²) in [6.45, 7) is 4.08. The summed E-state index contributed by atoms with van der Waals surface area (Å²) in [4.78, 5) is 11.4. The minimum Gasteiger partial charge on any atom is -0.492 e. The lowest BCUT2D eigenvalue weighted by Gasteiger charge is -2.11. The van der Waals surface area contributed by atoms with E-state index in [0.29, 0.717) is 18.0 Å². The van der Waals surface area contributed by atoms with Crippen LogP contribution in [-0.4, -0.2) is 17.9 Å². The number of ether oxygens (including phenoxy) is 1. The molecule has 15 heavy (non-hydrogen) atoms. The van der Waals surface area contributed by atoms with Crippen LogP contribution < -0.4 is 10.1 Å². The van der Waals surface area contributed by atoms with Crippen molar-refractivity contribution in [2.45, 2.75) is 19.2 Å². The van der Waals surface area contributed by atoms with Gasteiger partial charge >= 0.3 is 0 Å². The van der Waals surface area contributed by atoms with Gasteiger partial charge in [-0.2, -0.15) is 0 Å². The molecule has 0 aromatic heterocycles. The van der Waals surface area contributed by atoms with Crippen molar-refractivity contribution in [1.29, 1.82) is 0 Å². The third-order valence-electron chi connectivity index (χ3n) is 1.81. The maximum absolute atomic E-state index is 11.4. The molecule has 0 saturated carbocycles. The Morgan fingerprint density at radius 2 is 2.20 bits per heavy atom. The van der Waals surface area contributed by atoms with E-state index in [1.54, 1.807) is 19.1 Å². The molecule has 0 unspecified atom stereocenters. The van der Waals surface area contributed by atoms with E-state index in [0.717, 1.165) is 0 Å². The second-order valence-corrected chi connectivity index (χ2v) is 3.69. The number of carbonyl (C=O) groups excluding carboxylic acids is 1. The Morgan fingerprint density at radius 1 is 1.53 bits per heavy atom. The van der Waals surface area contributed by atoms with Crippen LogP contribution in [0.25, 0.3) is 0 Å². The number of benzene rings is 1. The monoisotopic (exact) mass is 227 g/mol. The van der Waals surface area contributed by atoms with Crippen molar-refractivity contribution in [1.82, 2.24) is 0 Å². The molecule has 1 rings (SSSR count). The predicted molar refractivity (Wildman–Crippen MR) is 61.6 cm³/mol. The van der Waals surface area contributed by atoms with E-state index in [2.05, 4.69) is 5.32 Å². The molecule has 82 valence electrons. The summed E-state index contributed by atoms with van der Waals surface area (Å²) in [7, 11) is 0.